The smallest absolute Gasteiger partial charge is 0.213 e. The predicted octanol–water partition coefficient (Wildman–Crippen LogP) is -1.04. The zero-order valence-corrected chi connectivity index (χ0v) is 5.61. The van der Waals surface area contributed by atoms with Crippen LogP contribution in [0.15, 0.2) is 6.33 Å². The fraction of sp³-hybridized carbons (Fsp3) is 0.400. The number of nitrogens with zero attached hydrogens (tertiary/aromatic N) is 3. The van der Waals surface area contributed by atoms with Crippen molar-refractivity contribution in [2.75, 3.05) is 6.54 Å². The Balaban J connectivity index is 2.93. The summed E-state index contributed by atoms with van der Waals surface area (Å²) in [6.07, 6.45) is 1.46. The summed E-state index contributed by atoms with van der Waals surface area (Å²) in [7, 11) is 1.70. The van der Waals surface area contributed by atoms with E-state index in [0.717, 1.165) is 0 Å². The third-order valence-corrected chi connectivity index (χ3v) is 1.15. The van der Waals surface area contributed by atoms with Gasteiger partial charge in [-0.15, -0.1) is 10.2 Å². The maximum Gasteiger partial charge on any atom is 0.213 e. The minimum absolute atomic E-state index is 0.0213. The molecule has 0 amide bonds. The van der Waals surface area contributed by atoms with Gasteiger partial charge in [0.2, 0.25) is 11.6 Å². The van der Waals surface area contributed by atoms with Gasteiger partial charge in [-0.1, -0.05) is 0 Å². The molecule has 0 radical (unpaired) electrons. The van der Waals surface area contributed by atoms with Gasteiger partial charge < -0.3 is 10.3 Å². The van der Waals surface area contributed by atoms with Crippen molar-refractivity contribution in [1.82, 2.24) is 14.8 Å². The molecule has 54 valence electrons. The second-order valence-corrected chi connectivity index (χ2v) is 1.89. The first kappa shape index (κ1) is 6.88. The molecule has 1 rings (SSSR count). The highest BCUT2D eigenvalue weighted by Crippen LogP contribution is 1.90. The Morgan fingerprint density at radius 2 is 2.60 bits per heavy atom. The van der Waals surface area contributed by atoms with E-state index in [4.69, 9.17) is 5.73 Å². The minimum Gasteiger partial charge on any atom is -0.324 e. The molecule has 0 aliphatic carbocycles. The van der Waals surface area contributed by atoms with E-state index in [2.05, 4.69) is 10.2 Å². The highest BCUT2D eigenvalue weighted by atomic mass is 16.1. The third kappa shape index (κ3) is 1.03. The summed E-state index contributed by atoms with van der Waals surface area (Å²) < 4.78 is 1.54. The van der Waals surface area contributed by atoms with E-state index in [1.807, 2.05) is 0 Å². The molecular weight excluding hydrogens is 132 g/mol. The number of carbonyl (C=O) groups is 1. The maximum atomic E-state index is 10.8. The topological polar surface area (TPSA) is 73.8 Å². The number of nitrogens with two attached hydrogens (primary N) is 1. The summed E-state index contributed by atoms with van der Waals surface area (Å²) in [5.41, 5.74) is 5.10. The number of ketones is 1. The van der Waals surface area contributed by atoms with E-state index in [-0.39, 0.29) is 12.3 Å². The van der Waals surface area contributed by atoms with Crippen molar-refractivity contribution in [2.45, 2.75) is 0 Å². The zero-order chi connectivity index (χ0) is 7.56. The molecule has 0 saturated heterocycles. The molecule has 0 aliphatic heterocycles. The summed E-state index contributed by atoms with van der Waals surface area (Å²) in [4.78, 5) is 10.8. The highest BCUT2D eigenvalue weighted by Gasteiger charge is 2.08. The number of carbonyl (C=O) groups excluding carboxylic acids is 1. The summed E-state index contributed by atoms with van der Waals surface area (Å²) in [6, 6.07) is 0. The second kappa shape index (κ2) is 2.57. The van der Waals surface area contributed by atoms with Gasteiger partial charge in [-0.05, 0) is 0 Å². The molecule has 0 bridgehead atoms. The third-order valence-electron chi connectivity index (χ3n) is 1.15. The van der Waals surface area contributed by atoms with Crippen molar-refractivity contribution in [3.8, 4) is 0 Å². The van der Waals surface area contributed by atoms with Gasteiger partial charge in [-0.3, -0.25) is 4.79 Å². The first-order chi connectivity index (χ1) is 4.75. The molecule has 5 nitrogen and oxygen atoms in total. The van der Waals surface area contributed by atoms with Crippen LogP contribution in [0.5, 0.6) is 0 Å². The molecule has 0 aromatic carbocycles. The highest BCUT2D eigenvalue weighted by molar-refractivity contribution is 5.94. The normalized spacial score (nSPS) is 9.80. The first-order valence-corrected chi connectivity index (χ1v) is 2.83. The van der Waals surface area contributed by atoms with E-state index in [1.54, 1.807) is 7.05 Å². The van der Waals surface area contributed by atoms with E-state index >= 15 is 0 Å². The van der Waals surface area contributed by atoms with Gasteiger partial charge in [0.05, 0.1) is 6.54 Å². The summed E-state index contributed by atoms with van der Waals surface area (Å²) in [5.74, 6) is 0.113. The number of hydrogen-bond donors (Lipinski definition) is 1. The van der Waals surface area contributed by atoms with Gasteiger partial charge in [-0.2, -0.15) is 0 Å². The number of aryl methyl sites for hydroxylation is 1. The fourth-order valence-corrected chi connectivity index (χ4v) is 0.627. The van der Waals surface area contributed by atoms with Crippen LogP contribution in [0.3, 0.4) is 0 Å². The molecule has 5 heteroatoms. The second-order valence-electron chi connectivity index (χ2n) is 1.89. The van der Waals surface area contributed by atoms with Gasteiger partial charge >= 0.3 is 0 Å². The molecule has 1 aromatic heterocycles. The number of rotatable bonds is 2. The van der Waals surface area contributed by atoms with E-state index < -0.39 is 0 Å². The molecule has 10 heavy (non-hydrogen) atoms. The average Bonchev–Trinajstić information content (AvgIpc) is 2.34. The Bertz CT molecular complexity index is 242. The van der Waals surface area contributed by atoms with Crippen LogP contribution in [0, 0.1) is 0 Å². The molecule has 0 atom stereocenters. The molecule has 1 heterocycles. The Labute approximate surface area is 57.9 Å². The maximum absolute atomic E-state index is 10.8. The van der Waals surface area contributed by atoms with E-state index in [0.29, 0.717) is 5.82 Å². The van der Waals surface area contributed by atoms with Crippen molar-refractivity contribution in [3.63, 3.8) is 0 Å². The van der Waals surface area contributed by atoms with Gasteiger partial charge in [-0.25, -0.2) is 0 Å². The Morgan fingerprint density at radius 1 is 1.90 bits per heavy atom. The van der Waals surface area contributed by atoms with Crippen molar-refractivity contribution < 1.29 is 4.79 Å². The SMILES string of the molecule is Cn1cnnc1C(=O)CN. The Kier molecular flexibility index (Phi) is 1.77. The number of hydrogen-bond acceptors (Lipinski definition) is 4. The lowest BCUT2D eigenvalue weighted by Crippen LogP contribution is -2.17. The summed E-state index contributed by atoms with van der Waals surface area (Å²) >= 11 is 0. The van der Waals surface area contributed by atoms with E-state index in [1.165, 1.54) is 10.9 Å². The van der Waals surface area contributed by atoms with Crippen LogP contribution in [0.1, 0.15) is 10.6 Å². The molecule has 0 unspecified atom stereocenters. The molecule has 1 aromatic rings. The van der Waals surface area contributed by atoms with Crippen LogP contribution in [-0.4, -0.2) is 27.1 Å². The van der Waals surface area contributed by atoms with Gasteiger partial charge in [0.1, 0.15) is 6.33 Å². The molecule has 0 saturated carbocycles. The number of Topliss-reactive ketones (excluding diaryl/α,β-unsaturated/α-hetero) is 1. The Hall–Kier alpha value is -1.23. The standard InChI is InChI=1S/C5H8N4O/c1-9-3-7-8-5(9)4(10)2-6/h3H,2,6H2,1H3. The number of aromatic nitrogens is 3. The van der Waals surface area contributed by atoms with Crippen LogP contribution in [-0.2, 0) is 7.05 Å². The quantitative estimate of drug-likeness (QED) is 0.532. The van der Waals surface area contributed by atoms with Crippen LogP contribution in [0.2, 0.25) is 0 Å². The first-order valence-electron chi connectivity index (χ1n) is 2.83. The van der Waals surface area contributed by atoms with Crippen molar-refractivity contribution in [2.24, 2.45) is 12.8 Å². The molecule has 0 spiro atoms. The van der Waals surface area contributed by atoms with Crippen LogP contribution in [0.25, 0.3) is 0 Å². The Morgan fingerprint density at radius 3 is 3.00 bits per heavy atom. The van der Waals surface area contributed by atoms with E-state index in [9.17, 15) is 4.79 Å². The predicted molar refractivity (Wildman–Crippen MR) is 34.4 cm³/mol. The van der Waals surface area contributed by atoms with Gasteiger partial charge in [0.25, 0.3) is 0 Å². The monoisotopic (exact) mass is 140 g/mol. The molecule has 0 aliphatic rings. The summed E-state index contributed by atoms with van der Waals surface area (Å²) in [6.45, 7) is -0.0213. The van der Waals surface area contributed by atoms with Crippen molar-refractivity contribution in [1.29, 1.82) is 0 Å². The van der Waals surface area contributed by atoms with Crippen LogP contribution in [0.4, 0.5) is 0 Å². The van der Waals surface area contributed by atoms with Gasteiger partial charge in [0.15, 0.2) is 0 Å². The van der Waals surface area contributed by atoms with Crippen LogP contribution < -0.4 is 5.73 Å². The molecule has 0 fully saturated rings. The minimum atomic E-state index is -0.194. The van der Waals surface area contributed by atoms with Crippen LogP contribution >= 0.6 is 0 Å². The average molecular weight is 140 g/mol. The fourth-order valence-electron chi connectivity index (χ4n) is 0.627. The van der Waals surface area contributed by atoms with Crippen molar-refractivity contribution >= 4 is 5.78 Å². The zero-order valence-electron chi connectivity index (χ0n) is 5.61. The van der Waals surface area contributed by atoms with Crippen molar-refractivity contribution in [3.05, 3.63) is 12.2 Å². The lowest BCUT2D eigenvalue weighted by Gasteiger charge is -1.93. The lowest BCUT2D eigenvalue weighted by atomic mass is 10.4. The largest absolute Gasteiger partial charge is 0.324 e. The summed E-state index contributed by atoms with van der Waals surface area (Å²) in [5, 5.41) is 7.10. The molecular formula is C5H8N4O. The van der Waals surface area contributed by atoms with Gasteiger partial charge in [0, 0.05) is 7.05 Å². The lowest BCUT2D eigenvalue weighted by molar-refractivity contribution is 0.0988. The molecule has 2 N–H and O–H groups in total.